The molecule has 2 aromatic heterocycles. The highest BCUT2D eigenvalue weighted by molar-refractivity contribution is 5.94. The fourth-order valence-corrected chi connectivity index (χ4v) is 11.2. The Bertz CT molecular complexity index is 2780. The molecule has 20 nitrogen and oxygen atoms in total. The Balaban J connectivity index is 1.23. The lowest BCUT2D eigenvalue weighted by atomic mass is 9.99. The van der Waals surface area contributed by atoms with Crippen LogP contribution < -0.4 is 0 Å². The zero-order chi connectivity index (χ0) is 62.8. The topological polar surface area (TPSA) is 222 Å². The second-order valence-electron chi connectivity index (χ2n) is 25.8. The van der Waals surface area contributed by atoms with Gasteiger partial charge in [-0.2, -0.15) is 10.2 Å². The van der Waals surface area contributed by atoms with Crippen LogP contribution in [0, 0.1) is 23.7 Å². The minimum absolute atomic E-state index is 0.0907. The van der Waals surface area contributed by atoms with E-state index < -0.39 is 96.1 Å². The van der Waals surface area contributed by atoms with Gasteiger partial charge < -0.3 is 38.5 Å². The lowest BCUT2D eigenvalue weighted by molar-refractivity contribution is -0.176. The molecule has 0 N–H and O–H groups in total. The van der Waals surface area contributed by atoms with Gasteiger partial charge >= 0.3 is 23.9 Å². The summed E-state index contributed by atoms with van der Waals surface area (Å²) in [5, 5.41) is 9.05. The minimum atomic E-state index is -1.52. The average molecular weight is 1190 g/mol. The van der Waals surface area contributed by atoms with Crippen LogP contribution in [-0.2, 0) is 83.0 Å². The summed E-state index contributed by atoms with van der Waals surface area (Å²) in [5.41, 5.74) is 5.43. The van der Waals surface area contributed by atoms with Crippen molar-refractivity contribution >= 4 is 47.5 Å². The summed E-state index contributed by atoms with van der Waals surface area (Å²) >= 11 is 0. The molecule has 2 aliphatic carbocycles. The van der Waals surface area contributed by atoms with Crippen molar-refractivity contribution < 1.29 is 57.3 Å². The summed E-state index contributed by atoms with van der Waals surface area (Å²) < 4.78 is 28.5. The summed E-state index contributed by atoms with van der Waals surface area (Å²) in [6, 6.07) is 14.9. The third kappa shape index (κ3) is 17.4. The maximum absolute atomic E-state index is 15.1. The predicted molar refractivity (Wildman–Crippen MR) is 322 cm³/mol. The summed E-state index contributed by atoms with van der Waals surface area (Å²) in [6.07, 6.45) is 3.31. The van der Waals surface area contributed by atoms with E-state index in [-0.39, 0.29) is 62.2 Å². The number of hydrogen-bond donors (Lipinski definition) is 0. The van der Waals surface area contributed by atoms with Crippen molar-refractivity contribution in [3.8, 4) is 0 Å². The van der Waals surface area contributed by atoms with E-state index in [4.69, 9.17) is 18.9 Å². The van der Waals surface area contributed by atoms with E-state index in [1.165, 1.54) is 51.8 Å². The van der Waals surface area contributed by atoms with Gasteiger partial charge in [0.25, 0.3) is 23.6 Å². The number of rotatable bonds is 18. The predicted octanol–water partition coefficient (Wildman–Crippen LogP) is 7.91. The zero-order valence-corrected chi connectivity index (χ0v) is 53.0. The highest BCUT2D eigenvalue weighted by atomic mass is 16.6. The Labute approximate surface area is 507 Å². The van der Waals surface area contributed by atoms with Crippen molar-refractivity contribution in [2.24, 2.45) is 23.7 Å². The fraction of sp³-hybridized carbons (Fsp3) is 0.606. The van der Waals surface area contributed by atoms with E-state index in [0.29, 0.717) is 36.1 Å². The van der Waals surface area contributed by atoms with Crippen molar-refractivity contribution in [1.82, 2.24) is 39.2 Å². The Morgan fingerprint density at radius 2 is 0.663 bits per heavy atom. The summed E-state index contributed by atoms with van der Waals surface area (Å²) in [6.45, 7) is 17.7. The molecule has 3 aliphatic rings. The third-order valence-corrected chi connectivity index (χ3v) is 16.4. The molecule has 468 valence electrons. The van der Waals surface area contributed by atoms with Crippen LogP contribution in [0.2, 0.25) is 0 Å². The molecule has 1 saturated heterocycles. The third-order valence-electron chi connectivity index (χ3n) is 16.4. The lowest BCUT2D eigenvalue weighted by Gasteiger charge is -2.35. The first-order chi connectivity index (χ1) is 40.7. The molecule has 3 fully saturated rings. The number of esters is 4. The van der Waals surface area contributed by atoms with Crippen molar-refractivity contribution in [3.05, 3.63) is 107 Å². The maximum Gasteiger partial charge on any atom is 0.329 e. The molecule has 0 bridgehead atoms. The smallest absolute Gasteiger partial charge is 0.329 e. The Hall–Kier alpha value is -7.38. The molecule has 86 heavy (non-hydrogen) atoms. The first kappa shape index (κ1) is 66.2. The van der Waals surface area contributed by atoms with Crippen molar-refractivity contribution in [2.45, 2.75) is 207 Å². The number of aromatic nitrogens is 4. The SMILES string of the molecule is CC(C)C[C@H]1C(=O)O[C@H](Cc2ccc(Cc3ccnn3C3CC3)cc2)C(=O)N(C)[C@@H](CC(C)C)C(=O)O[C@H](C)C(=O)N(C)[C@@H](CC(C)C)C(=O)O[C@H](Cc2ccc(Cc3ccnn3C3CC3)cc2)C(=O)N(C)[C@@H](CC(C)C)C(=O)O[C@H](C)C(=O)N1C. The Morgan fingerprint density at radius 1 is 0.395 bits per heavy atom. The molecule has 1 aliphatic heterocycles. The molecule has 8 atom stereocenters. The maximum atomic E-state index is 15.1. The van der Waals surface area contributed by atoms with E-state index in [2.05, 4.69) is 19.6 Å². The fourth-order valence-electron chi connectivity index (χ4n) is 11.2. The average Bonchev–Trinajstić information content (AvgIpc) is 2.76. The van der Waals surface area contributed by atoms with Crippen molar-refractivity contribution in [1.29, 1.82) is 0 Å². The molecule has 2 saturated carbocycles. The Kier molecular flexibility index (Phi) is 22.6. The van der Waals surface area contributed by atoms with E-state index >= 15 is 9.59 Å². The van der Waals surface area contributed by atoms with Crippen LogP contribution in [0.15, 0.2) is 73.1 Å². The van der Waals surface area contributed by atoms with Gasteiger partial charge in [-0.25, -0.2) is 19.2 Å². The summed E-state index contributed by atoms with van der Waals surface area (Å²) in [7, 11) is 5.64. The number of nitrogens with zero attached hydrogens (tertiary/aromatic N) is 8. The van der Waals surface area contributed by atoms with Gasteiger partial charge in [0, 0.05) is 77.7 Å². The molecule has 0 radical (unpaired) electrons. The van der Waals surface area contributed by atoms with Gasteiger partial charge in [0.05, 0.1) is 12.1 Å². The van der Waals surface area contributed by atoms with Crippen LogP contribution in [0.5, 0.6) is 0 Å². The monoisotopic (exact) mass is 1190 g/mol. The number of carbonyl (C=O) groups is 8. The van der Waals surface area contributed by atoms with Crippen LogP contribution in [0.4, 0.5) is 0 Å². The highest BCUT2D eigenvalue weighted by Gasteiger charge is 2.43. The number of benzene rings is 2. The molecule has 7 rings (SSSR count). The number of carbonyl (C=O) groups excluding carboxylic acids is 8. The first-order valence-electron chi connectivity index (χ1n) is 30.8. The van der Waals surface area contributed by atoms with Crippen LogP contribution in [0.25, 0.3) is 0 Å². The number of amides is 4. The molecule has 0 spiro atoms. The second-order valence-corrected chi connectivity index (χ2v) is 25.8. The number of ether oxygens (including phenoxy) is 4. The van der Waals surface area contributed by atoms with Gasteiger partial charge in [-0.15, -0.1) is 0 Å². The van der Waals surface area contributed by atoms with Crippen molar-refractivity contribution in [2.75, 3.05) is 28.2 Å². The van der Waals surface area contributed by atoms with Crippen LogP contribution in [0.1, 0.15) is 166 Å². The molecule has 0 unspecified atom stereocenters. The van der Waals surface area contributed by atoms with E-state index in [1.807, 2.05) is 116 Å². The standard InChI is InChI=1S/C66H92N8O12/c1-39(2)31-53-63(79)83-43(9)59(75)69(11)56(34-42(7)8)66(82)86-58(38-48-21-17-46(18-22-48)36-52-28-30-68-74(52)50-25-26-50)62(78)72(14)54(32-40(3)4)64(80)84-44(10)60(76)70(12)55(33-41(5)6)65(81)85-57(61(77)71(53)13)37-47-19-15-45(16-20-47)35-51-27-29-67-73(51)49-23-24-49/h15-22,27-30,39-44,49-50,53-58H,23-26,31-38H2,1-14H3/t43-,44-,53+,54+,55+,56+,57-,58-/m1/s1. The number of hydrogen-bond acceptors (Lipinski definition) is 14. The van der Waals surface area contributed by atoms with E-state index in [9.17, 15) is 28.8 Å². The van der Waals surface area contributed by atoms with Gasteiger partial charge in [-0.3, -0.25) is 28.5 Å². The molecule has 4 amide bonds. The second kappa shape index (κ2) is 29.3. The zero-order valence-electron chi connectivity index (χ0n) is 53.0. The molecule has 3 heterocycles. The van der Waals surface area contributed by atoms with E-state index in [1.54, 1.807) is 12.4 Å². The van der Waals surface area contributed by atoms with E-state index in [0.717, 1.165) is 58.0 Å². The van der Waals surface area contributed by atoms with Gasteiger partial charge in [0.2, 0.25) is 0 Å². The quantitative estimate of drug-likeness (QED) is 0.0683. The van der Waals surface area contributed by atoms with Gasteiger partial charge in [-0.05, 0) is 123 Å². The molecule has 20 heteroatoms. The number of cyclic esters (lactones) is 4. The van der Waals surface area contributed by atoms with Gasteiger partial charge in [0.15, 0.2) is 24.4 Å². The minimum Gasteiger partial charge on any atom is -0.451 e. The highest BCUT2D eigenvalue weighted by Crippen LogP contribution is 2.37. The Morgan fingerprint density at radius 3 is 0.942 bits per heavy atom. The van der Waals surface area contributed by atoms with Gasteiger partial charge in [0.1, 0.15) is 24.2 Å². The molecule has 4 aromatic rings. The molecule has 2 aromatic carbocycles. The normalized spacial score (nSPS) is 24.2. The number of likely N-dealkylation sites (N-methyl/N-ethyl adjacent to an activating group) is 4. The molecular formula is C66H92N8O12. The first-order valence-corrected chi connectivity index (χ1v) is 30.8. The summed E-state index contributed by atoms with van der Waals surface area (Å²) in [5.74, 6) is -7.31. The van der Waals surface area contributed by atoms with Gasteiger partial charge in [-0.1, -0.05) is 104 Å². The summed E-state index contributed by atoms with van der Waals surface area (Å²) in [4.78, 5) is 123. The van der Waals surface area contributed by atoms with Crippen LogP contribution >= 0.6 is 0 Å². The van der Waals surface area contributed by atoms with Crippen LogP contribution in [0.3, 0.4) is 0 Å². The largest absolute Gasteiger partial charge is 0.451 e. The van der Waals surface area contributed by atoms with Crippen LogP contribution in [-0.4, -0.2) is 163 Å². The van der Waals surface area contributed by atoms with Crippen molar-refractivity contribution in [3.63, 3.8) is 0 Å². The molecular weight excluding hydrogens is 1100 g/mol. The lowest BCUT2D eigenvalue weighted by Crippen LogP contribution is -2.55.